The lowest BCUT2D eigenvalue weighted by atomic mass is 9.93. The van der Waals surface area contributed by atoms with E-state index in [0.717, 1.165) is 22.0 Å². The molecule has 0 bridgehead atoms. The summed E-state index contributed by atoms with van der Waals surface area (Å²) in [5.41, 5.74) is 1.12. The van der Waals surface area contributed by atoms with Crippen LogP contribution in [0.2, 0.25) is 0 Å². The first-order valence-corrected chi connectivity index (χ1v) is 9.69. The van der Waals surface area contributed by atoms with Gasteiger partial charge in [-0.2, -0.15) is 0 Å². The molecule has 0 N–H and O–H groups in total. The summed E-state index contributed by atoms with van der Waals surface area (Å²) in [7, 11) is 0. The van der Waals surface area contributed by atoms with E-state index in [9.17, 15) is 4.79 Å². The smallest absolute Gasteiger partial charge is 0.313 e. The number of hydrogen-bond acceptors (Lipinski definition) is 2. The molecule has 1 aromatic carbocycles. The Morgan fingerprint density at radius 2 is 1.68 bits per heavy atom. The van der Waals surface area contributed by atoms with E-state index < -0.39 is 0 Å². The van der Waals surface area contributed by atoms with Gasteiger partial charge in [-0.05, 0) is 47.6 Å². The summed E-state index contributed by atoms with van der Waals surface area (Å²) in [6.07, 6.45) is 9.78. The van der Waals surface area contributed by atoms with Gasteiger partial charge in [-0.1, -0.05) is 70.1 Å². The van der Waals surface area contributed by atoms with Crippen LogP contribution in [-0.4, -0.2) is 12.6 Å². The SMILES string of the molecule is CCCCCCCCCC(C(=O)OCC)c1ccccc1I. The number of hydrogen-bond donors (Lipinski definition) is 0. The Labute approximate surface area is 149 Å². The molecule has 22 heavy (non-hydrogen) atoms. The molecule has 0 saturated heterocycles. The fourth-order valence-electron chi connectivity index (χ4n) is 2.71. The molecule has 0 spiro atoms. The lowest BCUT2D eigenvalue weighted by molar-refractivity contribution is -0.145. The Hall–Kier alpha value is -0.580. The molecular formula is C19H29IO2. The maximum Gasteiger partial charge on any atom is 0.313 e. The number of unbranched alkanes of at least 4 members (excludes halogenated alkanes) is 6. The van der Waals surface area contributed by atoms with E-state index >= 15 is 0 Å². The number of ether oxygens (including phenoxy) is 1. The number of carbonyl (C=O) groups is 1. The molecule has 0 aliphatic rings. The zero-order chi connectivity index (χ0) is 16.2. The predicted octanol–water partition coefficient (Wildman–Crippen LogP) is 6.08. The van der Waals surface area contributed by atoms with Gasteiger partial charge in [-0.3, -0.25) is 4.79 Å². The maximum absolute atomic E-state index is 12.3. The molecule has 1 unspecified atom stereocenters. The van der Waals surface area contributed by atoms with Crippen LogP contribution in [0.3, 0.4) is 0 Å². The van der Waals surface area contributed by atoms with Crippen molar-refractivity contribution in [2.24, 2.45) is 0 Å². The van der Waals surface area contributed by atoms with Gasteiger partial charge in [-0.25, -0.2) is 0 Å². The summed E-state index contributed by atoms with van der Waals surface area (Å²) >= 11 is 2.31. The van der Waals surface area contributed by atoms with Crippen LogP contribution in [0.1, 0.15) is 76.7 Å². The van der Waals surface area contributed by atoms with Crippen molar-refractivity contribution >= 4 is 28.6 Å². The Morgan fingerprint density at radius 3 is 2.32 bits per heavy atom. The first-order chi connectivity index (χ1) is 10.7. The van der Waals surface area contributed by atoms with E-state index in [1.807, 2.05) is 19.1 Å². The van der Waals surface area contributed by atoms with Crippen LogP contribution in [0.5, 0.6) is 0 Å². The molecule has 1 rings (SSSR count). The molecule has 0 fully saturated rings. The van der Waals surface area contributed by atoms with E-state index in [-0.39, 0.29) is 11.9 Å². The average Bonchev–Trinajstić information content (AvgIpc) is 2.51. The second-order valence-corrected chi connectivity index (χ2v) is 6.90. The Balaban J connectivity index is 2.50. The topological polar surface area (TPSA) is 26.3 Å². The Kier molecular flexibility index (Phi) is 10.5. The average molecular weight is 416 g/mol. The minimum atomic E-state index is -0.108. The van der Waals surface area contributed by atoms with Crippen LogP contribution in [0.15, 0.2) is 24.3 Å². The highest BCUT2D eigenvalue weighted by molar-refractivity contribution is 14.1. The number of benzene rings is 1. The second-order valence-electron chi connectivity index (χ2n) is 5.74. The number of esters is 1. The van der Waals surface area contributed by atoms with Gasteiger partial charge >= 0.3 is 5.97 Å². The fraction of sp³-hybridized carbons (Fsp3) is 0.632. The third-order valence-corrected chi connectivity index (χ3v) is 4.93. The summed E-state index contributed by atoms with van der Waals surface area (Å²) in [5, 5.41) is 0. The quantitative estimate of drug-likeness (QED) is 0.248. The van der Waals surface area contributed by atoms with Gasteiger partial charge < -0.3 is 4.74 Å². The number of rotatable bonds is 11. The van der Waals surface area contributed by atoms with Crippen LogP contribution >= 0.6 is 22.6 Å². The standard InChI is InChI=1S/C19H29IO2/c1-3-5-6-7-8-9-10-14-17(19(21)22-4-2)16-13-11-12-15-18(16)20/h11-13,15,17H,3-10,14H2,1-2H3. The van der Waals surface area contributed by atoms with Gasteiger partial charge in [0.25, 0.3) is 0 Å². The monoisotopic (exact) mass is 416 g/mol. The third kappa shape index (κ3) is 7.12. The van der Waals surface area contributed by atoms with Gasteiger partial charge in [0.2, 0.25) is 0 Å². The van der Waals surface area contributed by atoms with Crippen LogP contribution in [0, 0.1) is 3.57 Å². The Bertz CT molecular complexity index is 431. The van der Waals surface area contributed by atoms with E-state index in [2.05, 4.69) is 41.6 Å². The van der Waals surface area contributed by atoms with Crippen LogP contribution in [0.25, 0.3) is 0 Å². The number of carbonyl (C=O) groups excluding carboxylic acids is 1. The van der Waals surface area contributed by atoms with Crippen molar-refractivity contribution in [3.8, 4) is 0 Å². The Morgan fingerprint density at radius 1 is 1.05 bits per heavy atom. The molecule has 0 heterocycles. The largest absolute Gasteiger partial charge is 0.466 e. The van der Waals surface area contributed by atoms with E-state index in [1.54, 1.807) is 0 Å². The zero-order valence-electron chi connectivity index (χ0n) is 13.9. The highest BCUT2D eigenvalue weighted by Gasteiger charge is 2.23. The molecule has 1 aromatic rings. The predicted molar refractivity (Wildman–Crippen MR) is 101 cm³/mol. The second kappa shape index (κ2) is 11.9. The molecule has 1 atom stereocenters. The zero-order valence-corrected chi connectivity index (χ0v) is 16.1. The summed E-state index contributed by atoms with van der Waals surface area (Å²) in [6, 6.07) is 8.15. The molecule has 2 nitrogen and oxygen atoms in total. The van der Waals surface area contributed by atoms with Gasteiger partial charge in [0.05, 0.1) is 12.5 Å². The normalized spacial score (nSPS) is 12.1. The van der Waals surface area contributed by atoms with Crippen molar-refractivity contribution in [3.63, 3.8) is 0 Å². The lowest BCUT2D eigenvalue weighted by Gasteiger charge is -2.17. The summed E-state index contributed by atoms with van der Waals surface area (Å²) in [5.74, 6) is -0.179. The molecule has 3 heteroatoms. The van der Waals surface area contributed by atoms with Crippen LogP contribution in [0.4, 0.5) is 0 Å². The minimum Gasteiger partial charge on any atom is -0.466 e. The molecule has 0 aliphatic heterocycles. The summed E-state index contributed by atoms with van der Waals surface area (Å²) < 4.78 is 6.44. The lowest BCUT2D eigenvalue weighted by Crippen LogP contribution is -2.17. The molecule has 0 aliphatic carbocycles. The molecule has 0 saturated carbocycles. The minimum absolute atomic E-state index is 0.0717. The van der Waals surface area contributed by atoms with Gasteiger partial charge in [0, 0.05) is 3.57 Å². The molecule has 0 aromatic heterocycles. The van der Waals surface area contributed by atoms with Crippen molar-refractivity contribution in [1.29, 1.82) is 0 Å². The van der Waals surface area contributed by atoms with Gasteiger partial charge in [0.1, 0.15) is 0 Å². The number of halogens is 1. The first-order valence-electron chi connectivity index (χ1n) is 8.61. The van der Waals surface area contributed by atoms with Gasteiger partial charge in [-0.15, -0.1) is 0 Å². The molecular weight excluding hydrogens is 387 g/mol. The van der Waals surface area contributed by atoms with E-state index in [4.69, 9.17) is 4.74 Å². The first kappa shape index (κ1) is 19.5. The van der Waals surface area contributed by atoms with Crippen molar-refractivity contribution < 1.29 is 9.53 Å². The van der Waals surface area contributed by atoms with Crippen molar-refractivity contribution in [1.82, 2.24) is 0 Å². The van der Waals surface area contributed by atoms with Gasteiger partial charge in [0.15, 0.2) is 0 Å². The van der Waals surface area contributed by atoms with Crippen LogP contribution in [-0.2, 0) is 9.53 Å². The third-order valence-electron chi connectivity index (χ3n) is 3.95. The molecule has 124 valence electrons. The van der Waals surface area contributed by atoms with Crippen molar-refractivity contribution in [3.05, 3.63) is 33.4 Å². The fourth-order valence-corrected chi connectivity index (χ4v) is 3.47. The van der Waals surface area contributed by atoms with E-state index in [0.29, 0.717) is 6.61 Å². The molecule has 0 amide bonds. The maximum atomic E-state index is 12.3. The summed E-state index contributed by atoms with van der Waals surface area (Å²) in [4.78, 5) is 12.3. The molecule has 0 radical (unpaired) electrons. The van der Waals surface area contributed by atoms with Crippen LogP contribution < -0.4 is 0 Å². The highest BCUT2D eigenvalue weighted by Crippen LogP contribution is 2.28. The highest BCUT2D eigenvalue weighted by atomic mass is 127. The van der Waals surface area contributed by atoms with Crippen molar-refractivity contribution in [2.45, 2.75) is 71.1 Å². The summed E-state index contributed by atoms with van der Waals surface area (Å²) in [6.45, 7) is 4.57. The van der Waals surface area contributed by atoms with E-state index in [1.165, 1.54) is 38.5 Å². The van der Waals surface area contributed by atoms with Crippen molar-refractivity contribution in [2.75, 3.05) is 6.61 Å².